The third-order valence-corrected chi connectivity index (χ3v) is 5.06. The normalized spacial score (nSPS) is 16.7. The minimum absolute atomic E-state index is 0.0224. The molecule has 1 fully saturated rings. The Kier molecular flexibility index (Phi) is 7.39. The highest BCUT2D eigenvalue weighted by Gasteiger charge is 2.31. The van der Waals surface area contributed by atoms with E-state index < -0.39 is 24.3 Å². The van der Waals surface area contributed by atoms with Crippen LogP contribution in [0.5, 0.6) is 0 Å². The van der Waals surface area contributed by atoms with E-state index in [2.05, 4.69) is 20.6 Å². The van der Waals surface area contributed by atoms with Crippen molar-refractivity contribution in [2.45, 2.75) is 44.8 Å². The third kappa shape index (κ3) is 6.22. The molecule has 8 nitrogen and oxygen atoms in total. The number of aromatic nitrogens is 2. The van der Waals surface area contributed by atoms with E-state index in [0.717, 1.165) is 37.1 Å². The number of benzene rings is 1. The maximum absolute atomic E-state index is 13.1. The van der Waals surface area contributed by atoms with Crippen molar-refractivity contribution >= 4 is 29.0 Å². The van der Waals surface area contributed by atoms with Crippen LogP contribution >= 0.6 is 0 Å². The molecule has 3 rings (SSSR count). The van der Waals surface area contributed by atoms with Gasteiger partial charge in [0.25, 0.3) is 0 Å². The number of hydrogen-bond donors (Lipinski definition) is 4. The smallest absolute Gasteiger partial charge is 0.399 e. The van der Waals surface area contributed by atoms with Crippen molar-refractivity contribution in [3.8, 4) is 0 Å². The van der Waals surface area contributed by atoms with E-state index >= 15 is 0 Å². The molecule has 5 N–H and O–H groups in total. The molecule has 2 heterocycles. The van der Waals surface area contributed by atoms with Crippen LogP contribution in [0.3, 0.4) is 0 Å². The van der Waals surface area contributed by atoms with Gasteiger partial charge in [-0.1, -0.05) is 13.3 Å². The van der Waals surface area contributed by atoms with Crippen LogP contribution in [0.25, 0.3) is 0 Å². The van der Waals surface area contributed by atoms with Crippen LogP contribution in [-0.4, -0.2) is 46.7 Å². The molecular weight excluding hydrogens is 425 g/mol. The summed E-state index contributed by atoms with van der Waals surface area (Å²) in [5.41, 5.74) is 5.67. The van der Waals surface area contributed by atoms with Crippen LogP contribution in [0.4, 0.5) is 36.3 Å². The van der Waals surface area contributed by atoms with Gasteiger partial charge in [0.05, 0.1) is 5.56 Å². The molecule has 0 spiro atoms. The van der Waals surface area contributed by atoms with Crippen molar-refractivity contribution in [1.82, 2.24) is 15.3 Å². The van der Waals surface area contributed by atoms with Crippen LogP contribution in [0.15, 0.2) is 24.3 Å². The topological polar surface area (TPSA) is 116 Å². The number of amides is 1. The number of carbonyl (C=O) groups excluding carboxylic acids is 1. The lowest BCUT2D eigenvalue weighted by molar-refractivity contribution is -0.137. The van der Waals surface area contributed by atoms with Crippen LogP contribution in [0.2, 0.25) is 0 Å². The molecule has 1 aliphatic rings. The van der Waals surface area contributed by atoms with Gasteiger partial charge in [0.1, 0.15) is 12.4 Å². The molecule has 1 saturated heterocycles. The number of aryl methyl sites for hydroxylation is 1. The van der Waals surface area contributed by atoms with E-state index in [4.69, 9.17) is 10.8 Å². The quantitative estimate of drug-likeness (QED) is 0.478. The van der Waals surface area contributed by atoms with Crippen LogP contribution < -0.4 is 21.3 Å². The fourth-order valence-corrected chi connectivity index (χ4v) is 3.68. The highest BCUT2D eigenvalue weighted by atomic mass is 19.4. The van der Waals surface area contributed by atoms with Gasteiger partial charge in [-0.05, 0) is 37.5 Å². The molecule has 0 saturated carbocycles. The first kappa shape index (κ1) is 23.6. The van der Waals surface area contributed by atoms with E-state index in [1.165, 1.54) is 6.07 Å². The molecule has 1 atom stereocenters. The molecule has 0 bridgehead atoms. The molecule has 1 amide bonds. The van der Waals surface area contributed by atoms with Gasteiger partial charge in [0.2, 0.25) is 11.9 Å². The van der Waals surface area contributed by atoms with E-state index in [0.29, 0.717) is 25.3 Å². The van der Waals surface area contributed by atoms with Crippen molar-refractivity contribution in [2.24, 2.45) is 0 Å². The Balaban J connectivity index is 1.87. The number of anilines is 4. The van der Waals surface area contributed by atoms with Crippen molar-refractivity contribution < 1.29 is 23.1 Å². The SMILES string of the molecule is CCCc1cc(N2CCCC(NC(=O)CO)C2)nc(Nc2cc(N)cc(C(F)(F)F)c2)n1. The van der Waals surface area contributed by atoms with E-state index in [1.54, 1.807) is 0 Å². The summed E-state index contributed by atoms with van der Waals surface area (Å²) >= 11 is 0. The molecular formula is C21H27F3N6O2. The lowest BCUT2D eigenvalue weighted by Gasteiger charge is -2.34. The van der Waals surface area contributed by atoms with Crippen molar-refractivity contribution in [3.63, 3.8) is 0 Å². The van der Waals surface area contributed by atoms with Crippen molar-refractivity contribution in [2.75, 3.05) is 35.6 Å². The molecule has 1 unspecified atom stereocenters. The number of nitrogens with zero attached hydrogens (tertiary/aromatic N) is 3. The largest absolute Gasteiger partial charge is 0.416 e. The summed E-state index contributed by atoms with van der Waals surface area (Å²) in [6, 6.07) is 4.96. The fraction of sp³-hybridized carbons (Fsp3) is 0.476. The average molecular weight is 452 g/mol. The Morgan fingerprint density at radius 2 is 2.06 bits per heavy atom. The van der Waals surface area contributed by atoms with Gasteiger partial charge in [-0.25, -0.2) is 4.98 Å². The number of nitrogen functional groups attached to an aromatic ring is 1. The zero-order valence-electron chi connectivity index (χ0n) is 17.7. The third-order valence-electron chi connectivity index (χ3n) is 5.06. The lowest BCUT2D eigenvalue weighted by atomic mass is 10.1. The monoisotopic (exact) mass is 452 g/mol. The van der Waals surface area contributed by atoms with Gasteiger partial charge < -0.3 is 26.4 Å². The first-order valence-corrected chi connectivity index (χ1v) is 10.5. The molecule has 2 aromatic rings. The highest BCUT2D eigenvalue weighted by molar-refractivity contribution is 5.77. The molecule has 32 heavy (non-hydrogen) atoms. The predicted molar refractivity (Wildman–Crippen MR) is 116 cm³/mol. The van der Waals surface area contributed by atoms with Gasteiger partial charge in [0, 0.05) is 42.3 Å². The summed E-state index contributed by atoms with van der Waals surface area (Å²) in [5.74, 6) is 0.357. The highest BCUT2D eigenvalue weighted by Crippen LogP contribution is 2.33. The van der Waals surface area contributed by atoms with Crippen LogP contribution in [-0.2, 0) is 17.4 Å². The number of aliphatic hydroxyl groups is 1. The van der Waals surface area contributed by atoms with E-state index in [-0.39, 0.29) is 23.4 Å². The van der Waals surface area contributed by atoms with Crippen LogP contribution in [0, 0.1) is 0 Å². The summed E-state index contributed by atoms with van der Waals surface area (Å²) in [6.07, 6.45) is -1.42. The summed E-state index contributed by atoms with van der Waals surface area (Å²) in [6.45, 7) is 2.65. The second-order valence-corrected chi connectivity index (χ2v) is 7.77. The second kappa shape index (κ2) is 10.0. The number of carbonyl (C=O) groups is 1. The molecule has 1 aliphatic heterocycles. The molecule has 0 aliphatic carbocycles. The van der Waals surface area contributed by atoms with Crippen molar-refractivity contribution in [1.29, 1.82) is 0 Å². The Labute approximate surface area is 184 Å². The van der Waals surface area contributed by atoms with Crippen molar-refractivity contribution in [3.05, 3.63) is 35.5 Å². The Morgan fingerprint density at radius 1 is 1.28 bits per heavy atom. The summed E-state index contributed by atoms with van der Waals surface area (Å²) in [4.78, 5) is 22.5. The summed E-state index contributed by atoms with van der Waals surface area (Å²) in [5, 5.41) is 14.6. The van der Waals surface area contributed by atoms with Gasteiger partial charge in [0.15, 0.2) is 0 Å². The molecule has 174 valence electrons. The molecule has 1 aromatic carbocycles. The maximum atomic E-state index is 13.1. The maximum Gasteiger partial charge on any atom is 0.416 e. The zero-order chi connectivity index (χ0) is 23.3. The van der Waals surface area contributed by atoms with Gasteiger partial charge in [-0.15, -0.1) is 0 Å². The van der Waals surface area contributed by atoms with Gasteiger partial charge in [-0.3, -0.25) is 4.79 Å². The molecule has 1 aromatic heterocycles. The van der Waals surface area contributed by atoms with Crippen LogP contribution in [0.1, 0.15) is 37.4 Å². The number of nitrogens with two attached hydrogens (primary N) is 1. The number of piperidine rings is 1. The second-order valence-electron chi connectivity index (χ2n) is 7.77. The molecule has 11 heteroatoms. The first-order valence-electron chi connectivity index (χ1n) is 10.5. The van der Waals surface area contributed by atoms with E-state index in [1.807, 2.05) is 17.9 Å². The number of aliphatic hydroxyl groups excluding tert-OH is 1. The number of nitrogens with one attached hydrogen (secondary N) is 2. The Hall–Kier alpha value is -3.08. The minimum atomic E-state index is -4.52. The Bertz CT molecular complexity index is 954. The Morgan fingerprint density at radius 3 is 2.75 bits per heavy atom. The lowest BCUT2D eigenvalue weighted by Crippen LogP contribution is -2.48. The van der Waals surface area contributed by atoms with Gasteiger partial charge >= 0.3 is 6.18 Å². The predicted octanol–water partition coefficient (Wildman–Crippen LogP) is 2.85. The first-order chi connectivity index (χ1) is 15.2. The zero-order valence-corrected chi connectivity index (χ0v) is 17.7. The summed E-state index contributed by atoms with van der Waals surface area (Å²) in [7, 11) is 0. The molecule has 0 radical (unpaired) electrons. The fourth-order valence-electron chi connectivity index (χ4n) is 3.68. The number of alkyl halides is 3. The van der Waals surface area contributed by atoms with Gasteiger partial charge in [-0.2, -0.15) is 18.2 Å². The summed E-state index contributed by atoms with van der Waals surface area (Å²) < 4.78 is 39.4. The number of rotatable bonds is 7. The minimum Gasteiger partial charge on any atom is -0.399 e. The number of halogens is 3. The average Bonchev–Trinajstić information content (AvgIpc) is 2.73. The standard InChI is InChI=1S/C21H27F3N6O2/c1-2-4-15-10-18(30-6-3-5-16(11-30)26-19(32)12-31)29-20(27-15)28-17-8-13(21(22,23)24)7-14(25)9-17/h7-10,16,31H,2-6,11-12,25H2,1H3,(H,26,32)(H,27,28,29). The van der Waals surface area contributed by atoms with E-state index in [9.17, 15) is 18.0 Å². The number of hydrogen-bond acceptors (Lipinski definition) is 7.